The Bertz CT molecular complexity index is 915. The second-order valence-corrected chi connectivity index (χ2v) is 5.18. The molecule has 0 aliphatic carbocycles. The molecule has 0 saturated carbocycles. The summed E-state index contributed by atoms with van der Waals surface area (Å²) in [6.07, 6.45) is 2.58. The van der Waals surface area contributed by atoms with Gasteiger partial charge in [-0.2, -0.15) is 0 Å². The summed E-state index contributed by atoms with van der Waals surface area (Å²) >= 11 is 0. The zero-order valence-corrected chi connectivity index (χ0v) is 13.4. The van der Waals surface area contributed by atoms with Crippen molar-refractivity contribution < 1.29 is 14.3 Å². The van der Waals surface area contributed by atoms with Gasteiger partial charge in [-0.3, -0.25) is 4.79 Å². The molecule has 6 heteroatoms. The first-order valence-corrected chi connectivity index (χ1v) is 7.60. The van der Waals surface area contributed by atoms with Gasteiger partial charge in [-0.05, 0) is 24.3 Å². The summed E-state index contributed by atoms with van der Waals surface area (Å²) < 4.78 is 6.64. The van der Waals surface area contributed by atoms with Gasteiger partial charge in [0.25, 0.3) is 5.91 Å². The fraction of sp³-hybridized carbons (Fsp3) is 0.167. The monoisotopic (exact) mass is 323 g/mol. The molecule has 3 aromatic rings. The zero-order chi connectivity index (χ0) is 17.1. The third kappa shape index (κ3) is 2.74. The Morgan fingerprint density at radius 3 is 2.67 bits per heavy atom. The standard InChI is InChI=1S/C18H17N3O3/c1-3-15-20-16(14-10-6-7-11-21(14)15)17(22)19-13-9-5-4-8-12(13)18(23)24-2/h4-11H,3H2,1-2H3,(H,19,22). The Morgan fingerprint density at radius 2 is 1.92 bits per heavy atom. The van der Waals surface area contributed by atoms with Crippen LogP contribution in [0, 0.1) is 0 Å². The molecule has 0 spiro atoms. The number of hydrogen-bond donors (Lipinski definition) is 1. The highest BCUT2D eigenvalue weighted by molar-refractivity contribution is 6.10. The Balaban J connectivity index is 1.99. The number of aromatic nitrogens is 2. The third-order valence-corrected chi connectivity index (χ3v) is 3.73. The van der Waals surface area contributed by atoms with Crippen molar-refractivity contribution in [2.75, 3.05) is 12.4 Å². The number of esters is 1. The number of carbonyl (C=O) groups is 2. The van der Waals surface area contributed by atoms with E-state index in [9.17, 15) is 9.59 Å². The van der Waals surface area contributed by atoms with E-state index in [1.165, 1.54) is 7.11 Å². The largest absolute Gasteiger partial charge is 0.465 e. The molecule has 0 bridgehead atoms. The minimum absolute atomic E-state index is 0.299. The van der Waals surface area contributed by atoms with E-state index >= 15 is 0 Å². The van der Waals surface area contributed by atoms with E-state index in [0.717, 1.165) is 11.3 Å². The number of methoxy groups -OCH3 is 1. The number of para-hydroxylation sites is 1. The topological polar surface area (TPSA) is 72.7 Å². The number of benzene rings is 1. The average Bonchev–Trinajstić information content (AvgIpc) is 3.00. The van der Waals surface area contributed by atoms with Gasteiger partial charge < -0.3 is 14.5 Å². The van der Waals surface area contributed by atoms with Crippen molar-refractivity contribution in [3.63, 3.8) is 0 Å². The molecule has 1 aromatic carbocycles. The van der Waals surface area contributed by atoms with Crippen LogP contribution in [0.15, 0.2) is 48.7 Å². The number of imidazole rings is 1. The number of carbonyl (C=O) groups excluding carboxylic acids is 2. The van der Waals surface area contributed by atoms with Gasteiger partial charge in [0.2, 0.25) is 0 Å². The Hall–Kier alpha value is -3.15. The molecule has 0 radical (unpaired) electrons. The van der Waals surface area contributed by atoms with E-state index in [2.05, 4.69) is 10.3 Å². The molecule has 2 aromatic heterocycles. The number of fused-ring (bicyclic) bond motifs is 1. The second kappa shape index (κ2) is 6.54. The number of anilines is 1. The van der Waals surface area contributed by atoms with E-state index in [0.29, 0.717) is 23.4 Å². The minimum atomic E-state index is -0.505. The first kappa shape index (κ1) is 15.7. The quantitative estimate of drug-likeness (QED) is 0.749. The van der Waals surface area contributed by atoms with Crippen LogP contribution in [0.4, 0.5) is 5.69 Å². The van der Waals surface area contributed by atoms with E-state index in [-0.39, 0.29) is 5.91 Å². The number of hydrogen-bond acceptors (Lipinski definition) is 4. The van der Waals surface area contributed by atoms with Crippen LogP contribution in [0.5, 0.6) is 0 Å². The SMILES string of the molecule is CCc1nc(C(=O)Nc2ccccc2C(=O)OC)c2ccccn12. The predicted molar refractivity (Wildman–Crippen MR) is 90.3 cm³/mol. The highest BCUT2D eigenvalue weighted by Crippen LogP contribution is 2.19. The molecule has 6 nitrogen and oxygen atoms in total. The maximum absolute atomic E-state index is 12.7. The number of ether oxygens (including phenoxy) is 1. The molecule has 0 saturated heterocycles. The molecule has 3 rings (SSSR count). The Kier molecular flexibility index (Phi) is 4.29. The molecular weight excluding hydrogens is 306 g/mol. The van der Waals surface area contributed by atoms with Gasteiger partial charge in [-0.15, -0.1) is 0 Å². The van der Waals surface area contributed by atoms with E-state index in [1.54, 1.807) is 24.3 Å². The van der Waals surface area contributed by atoms with Crippen LogP contribution >= 0.6 is 0 Å². The van der Waals surface area contributed by atoms with E-state index < -0.39 is 5.97 Å². The molecule has 0 aliphatic rings. The summed E-state index contributed by atoms with van der Waals surface area (Å²) in [7, 11) is 1.30. The Morgan fingerprint density at radius 1 is 1.17 bits per heavy atom. The second-order valence-electron chi connectivity index (χ2n) is 5.18. The Labute approximate surface area is 139 Å². The molecular formula is C18H17N3O3. The number of amides is 1. The summed E-state index contributed by atoms with van der Waals surface area (Å²) in [5.74, 6) is -0.0680. The summed E-state index contributed by atoms with van der Waals surface area (Å²) in [5.41, 5.74) is 1.74. The fourth-order valence-electron chi connectivity index (χ4n) is 2.58. The highest BCUT2D eigenvalue weighted by atomic mass is 16.5. The highest BCUT2D eigenvalue weighted by Gasteiger charge is 2.19. The van der Waals surface area contributed by atoms with Crippen molar-refractivity contribution in [2.45, 2.75) is 13.3 Å². The van der Waals surface area contributed by atoms with Crippen molar-refractivity contribution in [1.29, 1.82) is 0 Å². The summed E-state index contributed by atoms with van der Waals surface area (Å²) in [4.78, 5) is 28.9. The number of nitrogens with one attached hydrogen (secondary N) is 1. The lowest BCUT2D eigenvalue weighted by atomic mass is 10.1. The van der Waals surface area contributed by atoms with Crippen molar-refractivity contribution in [3.05, 3.63) is 65.7 Å². The summed E-state index contributed by atoms with van der Waals surface area (Å²) in [6.45, 7) is 1.98. The number of pyridine rings is 1. The van der Waals surface area contributed by atoms with Gasteiger partial charge in [-0.1, -0.05) is 25.1 Å². The van der Waals surface area contributed by atoms with Crippen LogP contribution in [0.3, 0.4) is 0 Å². The average molecular weight is 323 g/mol. The van der Waals surface area contributed by atoms with E-state index in [1.807, 2.05) is 35.7 Å². The predicted octanol–water partition coefficient (Wildman–Crippen LogP) is 2.94. The van der Waals surface area contributed by atoms with Crippen LogP contribution in [-0.2, 0) is 11.2 Å². The van der Waals surface area contributed by atoms with Crippen LogP contribution in [0.1, 0.15) is 33.6 Å². The lowest BCUT2D eigenvalue weighted by Crippen LogP contribution is -2.16. The lowest BCUT2D eigenvalue weighted by Gasteiger charge is -2.08. The van der Waals surface area contributed by atoms with Crippen molar-refractivity contribution in [1.82, 2.24) is 9.38 Å². The molecule has 1 N–H and O–H groups in total. The third-order valence-electron chi connectivity index (χ3n) is 3.73. The fourth-order valence-corrected chi connectivity index (χ4v) is 2.58. The smallest absolute Gasteiger partial charge is 0.339 e. The zero-order valence-electron chi connectivity index (χ0n) is 13.4. The lowest BCUT2D eigenvalue weighted by molar-refractivity contribution is 0.0602. The van der Waals surface area contributed by atoms with Gasteiger partial charge in [0.15, 0.2) is 5.69 Å². The van der Waals surface area contributed by atoms with Crippen LogP contribution in [0.25, 0.3) is 5.52 Å². The van der Waals surface area contributed by atoms with Gasteiger partial charge in [0, 0.05) is 12.6 Å². The maximum atomic E-state index is 12.7. The van der Waals surface area contributed by atoms with Crippen LogP contribution in [-0.4, -0.2) is 28.4 Å². The molecule has 2 heterocycles. The molecule has 0 fully saturated rings. The molecule has 0 aliphatic heterocycles. The van der Waals surface area contributed by atoms with Crippen molar-refractivity contribution in [2.24, 2.45) is 0 Å². The van der Waals surface area contributed by atoms with Crippen molar-refractivity contribution >= 4 is 23.1 Å². The normalized spacial score (nSPS) is 10.6. The van der Waals surface area contributed by atoms with Gasteiger partial charge in [0.05, 0.1) is 23.9 Å². The first-order valence-electron chi connectivity index (χ1n) is 7.60. The molecule has 0 atom stereocenters. The summed E-state index contributed by atoms with van der Waals surface area (Å²) in [6, 6.07) is 12.3. The number of aryl methyl sites for hydroxylation is 1. The minimum Gasteiger partial charge on any atom is -0.465 e. The van der Waals surface area contributed by atoms with Gasteiger partial charge in [-0.25, -0.2) is 9.78 Å². The van der Waals surface area contributed by atoms with Gasteiger partial charge in [0.1, 0.15) is 5.82 Å². The number of rotatable bonds is 4. The summed E-state index contributed by atoms with van der Waals surface area (Å²) in [5, 5.41) is 2.76. The molecule has 1 amide bonds. The molecule has 24 heavy (non-hydrogen) atoms. The van der Waals surface area contributed by atoms with Crippen LogP contribution in [0.2, 0.25) is 0 Å². The van der Waals surface area contributed by atoms with E-state index in [4.69, 9.17) is 4.74 Å². The van der Waals surface area contributed by atoms with Crippen molar-refractivity contribution in [3.8, 4) is 0 Å². The first-order chi connectivity index (χ1) is 11.7. The maximum Gasteiger partial charge on any atom is 0.339 e. The van der Waals surface area contributed by atoms with Crippen LogP contribution < -0.4 is 5.32 Å². The number of nitrogens with zero attached hydrogens (tertiary/aromatic N) is 2. The van der Waals surface area contributed by atoms with Gasteiger partial charge >= 0.3 is 5.97 Å². The molecule has 0 unspecified atom stereocenters. The molecule has 122 valence electrons.